The zero-order chi connectivity index (χ0) is 26.8. The highest BCUT2D eigenvalue weighted by Gasteiger charge is 2.19. The van der Waals surface area contributed by atoms with Crippen LogP contribution in [-0.4, -0.2) is 4.57 Å². The van der Waals surface area contributed by atoms with E-state index in [1.807, 2.05) is 36.4 Å². The van der Waals surface area contributed by atoms with Gasteiger partial charge in [-0.2, -0.15) is 10.5 Å². The van der Waals surface area contributed by atoms with Crippen molar-refractivity contribution in [2.45, 2.75) is 0 Å². The molecule has 4 nitrogen and oxygen atoms in total. The predicted molar refractivity (Wildman–Crippen MR) is 160 cm³/mol. The SMILES string of the molecule is N#Cc1cc(C#N)cc(-c2ccc3oc4cccc(-n5c6ccccc6c6ccc7ccccc7c65)c4c3c2)c1. The zero-order valence-corrected chi connectivity index (χ0v) is 21.2. The topological polar surface area (TPSA) is 65.7 Å². The van der Waals surface area contributed by atoms with E-state index < -0.39 is 0 Å². The van der Waals surface area contributed by atoms with E-state index >= 15 is 0 Å². The molecule has 8 rings (SSSR count). The quantitative estimate of drug-likeness (QED) is 0.233. The molecule has 0 aliphatic heterocycles. The number of para-hydroxylation sites is 1. The summed E-state index contributed by atoms with van der Waals surface area (Å²) in [5.74, 6) is 0. The van der Waals surface area contributed by atoms with Crippen molar-refractivity contribution in [3.05, 3.63) is 126 Å². The molecule has 184 valence electrons. The first-order valence-corrected chi connectivity index (χ1v) is 13.1. The van der Waals surface area contributed by atoms with Crippen molar-refractivity contribution in [2.75, 3.05) is 0 Å². The van der Waals surface area contributed by atoms with Gasteiger partial charge in [-0.3, -0.25) is 0 Å². The summed E-state index contributed by atoms with van der Waals surface area (Å²) in [5, 5.41) is 25.8. The molecule has 2 heterocycles. The minimum absolute atomic E-state index is 0.462. The number of rotatable bonds is 2. The molecule has 0 N–H and O–H groups in total. The highest BCUT2D eigenvalue weighted by atomic mass is 16.3. The first-order chi connectivity index (χ1) is 19.7. The number of aromatic nitrogens is 1. The fourth-order valence-electron chi connectivity index (χ4n) is 6.08. The van der Waals surface area contributed by atoms with E-state index in [2.05, 4.69) is 89.5 Å². The molecule has 6 aromatic carbocycles. The van der Waals surface area contributed by atoms with E-state index in [1.54, 1.807) is 6.07 Å². The second kappa shape index (κ2) is 8.33. The van der Waals surface area contributed by atoms with Crippen LogP contribution in [0.25, 0.3) is 71.3 Å². The van der Waals surface area contributed by atoms with Gasteiger partial charge in [0.25, 0.3) is 0 Å². The van der Waals surface area contributed by atoms with Crippen LogP contribution < -0.4 is 0 Å². The van der Waals surface area contributed by atoms with Crippen LogP contribution in [0.15, 0.2) is 120 Å². The third-order valence-electron chi connectivity index (χ3n) is 7.80. The van der Waals surface area contributed by atoms with Gasteiger partial charge in [-0.15, -0.1) is 0 Å². The van der Waals surface area contributed by atoms with Gasteiger partial charge in [0, 0.05) is 21.5 Å². The van der Waals surface area contributed by atoms with E-state index in [-0.39, 0.29) is 0 Å². The van der Waals surface area contributed by atoms with E-state index in [0.29, 0.717) is 11.1 Å². The normalized spacial score (nSPS) is 11.4. The monoisotopic (exact) mass is 509 g/mol. The summed E-state index contributed by atoms with van der Waals surface area (Å²) in [4.78, 5) is 0. The molecule has 0 amide bonds. The van der Waals surface area contributed by atoms with Crippen LogP contribution in [0.4, 0.5) is 0 Å². The summed E-state index contributed by atoms with van der Waals surface area (Å²) in [7, 11) is 0. The van der Waals surface area contributed by atoms with Crippen LogP contribution in [-0.2, 0) is 0 Å². The Morgan fingerprint density at radius 3 is 2.15 bits per heavy atom. The highest BCUT2D eigenvalue weighted by molar-refractivity contribution is 6.20. The molecule has 0 fully saturated rings. The van der Waals surface area contributed by atoms with Crippen molar-refractivity contribution in [3.63, 3.8) is 0 Å². The first-order valence-electron chi connectivity index (χ1n) is 13.1. The molecule has 8 aromatic rings. The Bertz CT molecular complexity index is 2380. The first kappa shape index (κ1) is 22.2. The largest absolute Gasteiger partial charge is 0.456 e. The molecule has 40 heavy (non-hydrogen) atoms. The van der Waals surface area contributed by atoms with E-state index in [0.717, 1.165) is 49.8 Å². The summed E-state index contributed by atoms with van der Waals surface area (Å²) in [5.41, 5.74) is 7.60. The summed E-state index contributed by atoms with van der Waals surface area (Å²) in [6.07, 6.45) is 0. The van der Waals surface area contributed by atoms with Crippen molar-refractivity contribution in [1.29, 1.82) is 10.5 Å². The van der Waals surface area contributed by atoms with E-state index in [9.17, 15) is 10.5 Å². The van der Waals surface area contributed by atoms with Gasteiger partial charge in [0.2, 0.25) is 0 Å². The van der Waals surface area contributed by atoms with Crippen molar-refractivity contribution in [1.82, 2.24) is 4.57 Å². The second-order valence-electron chi connectivity index (χ2n) is 10.0. The van der Waals surface area contributed by atoms with Gasteiger partial charge in [0.1, 0.15) is 11.2 Å². The Hall–Kier alpha value is -5.84. The minimum atomic E-state index is 0.462. The van der Waals surface area contributed by atoms with Crippen molar-refractivity contribution in [2.24, 2.45) is 0 Å². The number of benzene rings is 6. The number of hydrogen-bond donors (Lipinski definition) is 0. The molecule has 0 bridgehead atoms. The molecular formula is C36H19N3O. The lowest BCUT2D eigenvalue weighted by Gasteiger charge is -2.11. The highest BCUT2D eigenvalue weighted by Crippen LogP contribution is 2.41. The van der Waals surface area contributed by atoms with Gasteiger partial charge in [0.05, 0.1) is 45.4 Å². The van der Waals surface area contributed by atoms with Crippen molar-refractivity contribution < 1.29 is 4.42 Å². The Labute approximate surface area is 229 Å². The van der Waals surface area contributed by atoms with Crippen molar-refractivity contribution in [3.8, 4) is 29.0 Å². The lowest BCUT2D eigenvalue weighted by atomic mass is 9.98. The Kier molecular flexibility index (Phi) is 4.62. The van der Waals surface area contributed by atoms with Crippen LogP contribution in [0.5, 0.6) is 0 Å². The average Bonchev–Trinajstić information content (AvgIpc) is 3.56. The zero-order valence-electron chi connectivity index (χ0n) is 21.2. The fraction of sp³-hybridized carbons (Fsp3) is 0. The lowest BCUT2D eigenvalue weighted by Crippen LogP contribution is -1.95. The Balaban J connectivity index is 1.49. The van der Waals surface area contributed by atoms with Crippen LogP contribution in [0.2, 0.25) is 0 Å². The molecule has 0 aliphatic carbocycles. The second-order valence-corrected chi connectivity index (χ2v) is 10.0. The summed E-state index contributed by atoms with van der Waals surface area (Å²) < 4.78 is 8.73. The molecule has 0 saturated carbocycles. The molecule has 0 radical (unpaired) electrons. The van der Waals surface area contributed by atoms with Gasteiger partial charge in [0.15, 0.2) is 0 Å². The maximum absolute atomic E-state index is 9.52. The van der Waals surface area contributed by atoms with Gasteiger partial charge in [-0.1, -0.05) is 66.7 Å². The van der Waals surface area contributed by atoms with E-state index in [1.165, 1.54) is 21.5 Å². The minimum Gasteiger partial charge on any atom is -0.456 e. The Morgan fingerprint density at radius 2 is 1.32 bits per heavy atom. The molecule has 4 heteroatoms. The molecular weight excluding hydrogens is 490 g/mol. The van der Waals surface area contributed by atoms with E-state index in [4.69, 9.17) is 4.42 Å². The smallest absolute Gasteiger partial charge is 0.137 e. The van der Waals surface area contributed by atoms with Gasteiger partial charge >= 0.3 is 0 Å². The van der Waals surface area contributed by atoms with Crippen molar-refractivity contribution >= 4 is 54.5 Å². The third kappa shape index (κ3) is 3.11. The number of fused-ring (bicyclic) bond motifs is 8. The predicted octanol–water partition coefficient (Wildman–Crippen LogP) is 9.25. The summed E-state index contributed by atoms with van der Waals surface area (Å²) in [6.45, 7) is 0. The number of nitriles is 2. The number of furan rings is 1. The molecule has 0 spiro atoms. The van der Waals surface area contributed by atoms with Crippen LogP contribution in [0, 0.1) is 22.7 Å². The Morgan fingerprint density at radius 1 is 0.550 bits per heavy atom. The standard InChI is InChI=1S/C36H19N3O/c37-20-22-16-23(21-38)18-26(17-22)25-13-15-33-30(19-25)35-32(10-5-11-34(35)40-33)39-31-9-4-3-8-28(31)29-14-12-24-6-1-2-7-27(24)36(29)39/h1-19H. The van der Waals surface area contributed by atoms with Crippen LogP contribution >= 0.6 is 0 Å². The molecule has 0 unspecified atom stereocenters. The summed E-state index contributed by atoms with van der Waals surface area (Å²) >= 11 is 0. The van der Waals surface area contributed by atoms with Gasteiger partial charge in [-0.05, 0) is 65.0 Å². The maximum Gasteiger partial charge on any atom is 0.137 e. The molecule has 0 saturated heterocycles. The summed E-state index contributed by atoms with van der Waals surface area (Å²) in [6, 6.07) is 43.3. The fourth-order valence-corrected chi connectivity index (χ4v) is 6.08. The number of nitrogens with zero attached hydrogens (tertiary/aromatic N) is 3. The van der Waals surface area contributed by atoms with Crippen LogP contribution in [0.3, 0.4) is 0 Å². The number of hydrogen-bond acceptors (Lipinski definition) is 3. The molecule has 0 aliphatic rings. The lowest BCUT2D eigenvalue weighted by molar-refractivity contribution is 0.669. The van der Waals surface area contributed by atoms with Gasteiger partial charge in [-0.25, -0.2) is 0 Å². The molecule has 0 atom stereocenters. The van der Waals surface area contributed by atoms with Gasteiger partial charge < -0.3 is 8.98 Å². The van der Waals surface area contributed by atoms with Crippen LogP contribution in [0.1, 0.15) is 11.1 Å². The third-order valence-corrected chi connectivity index (χ3v) is 7.80. The maximum atomic E-state index is 9.52. The molecule has 2 aromatic heterocycles. The average molecular weight is 510 g/mol.